The van der Waals surface area contributed by atoms with Gasteiger partial charge in [0.1, 0.15) is 5.82 Å². The highest BCUT2D eigenvalue weighted by Gasteiger charge is 2.32. The van der Waals surface area contributed by atoms with Crippen molar-refractivity contribution < 1.29 is 28.1 Å². The second kappa shape index (κ2) is 8.20. The molecule has 2 heterocycles. The third-order valence-corrected chi connectivity index (χ3v) is 6.56. The van der Waals surface area contributed by atoms with Crippen molar-refractivity contribution in [2.45, 2.75) is 13.1 Å². The summed E-state index contributed by atoms with van der Waals surface area (Å²) in [6.45, 7) is 1.00. The van der Waals surface area contributed by atoms with Gasteiger partial charge in [0.15, 0.2) is 23.0 Å². The molecule has 0 radical (unpaired) electrons. The summed E-state index contributed by atoms with van der Waals surface area (Å²) in [5.41, 5.74) is 4.22. The number of carbonyl (C=O) groups is 1. The fourth-order valence-electron chi connectivity index (χ4n) is 4.89. The molecule has 35 heavy (non-hydrogen) atoms. The first-order valence-corrected chi connectivity index (χ1v) is 11.2. The number of carbonyl (C=O) groups excluding carboxylic acids is 1. The largest absolute Gasteiger partial charge is 0.493 e. The van der Waals surface area contributed by atoms with E-state index in [2.05, 4.69) is 0 Å². The summed E-state index contributed by atoms with van der Waals surface area (Å²) in [7, 11) is 3.18. The van der Waals surface area contributed by atoms with Gasteiger partial charge in [0.2, 0.25) is 6.79 Å². The highest BCUT2D eigenvalue weighted by atomic mass is 19.1. The molecule has 1 amide bonds. The van der Waals surface area contributed by atoms with Crippen LogP contribution < -0.4 is 18.9 Å². The van der Waals surface area contributed by atoms with E-state index < -0.39 is 0 Å². The van der Waals surface area contributed by atoms with Crippen LogP contribution in [0.1, 0.15) is 21.5 Å². The molecule has 0 spiro atoms. The van der Waals surface area contributed by atoms with Crippen LogP contribution in [0.15, 0.2) is 60.7 Å². The summed E-state index contributed by atoms with van der Waals surface area (Å²) in [5, 5.41) is 1.80. The molecule has 0 aliphatic carbocycles. The highest BCUT2D eigenvalue weighted by Crippen LogP contribution is 2.44. The van der Waals surface area contributed by atoms with Crippen molar-refractivity contribution in [2.75, 3.05) is 21.0 Å². The molecule has 2 aliphatic rings. The van der Waals surface area contributed by atoms with Crippen molar-refractivity contribution in [3.8, 4) is 34.1 Å². The van der Waals surface area contributed by atoms with Crippen LogP contribution in [0.4, 0.5) is 4.39 Å². The van der Waals surface area contributed by atoms with Gasteiger partial charge in [-0.15, -0.1) is 0 Å². The van der Waals surface area contributed by atoms with E-state index in [1.54, 1.807) is 31.3 Å². The number of amides is 1. The zero-order chi connectivity index (χ0) is 24.1. The lowest BCUT2D eigenvalue weighted by atomic mass is 9.90. The number of rotatable bonds is 5. The van der Waals surface area contributed by atoms with Crippen LogP contribution in [-0.2, 0) is 13.1 Å². The molecule has 0 unspecified atom stereocenters. The first-order chi connectivity index (χ1) is 17.1. The van der Waals surface area contributed by atoms with Crippen LogP contribution in [-0.4, -0.2) is 31.8 Å². The molecule has 176 valence electrons. The van der Waals surface area contributed by atoms with Crippen molar-refractivity contribution in [3.63, 3.8) is 0 Å². The van der Waals surface area contributed by atoms with Gasteiger partial charge in [-0.1, -0.05) is 18.2 Å². The maximum Gasteiger partial charge on any atom is 0.254 e. The van der Waals surface area contributed by atoms with E-state index in [-0.39, 0.29) is 18.5 Å². The Balaban J connectivity index is 1.46. The Hall–Kier alpha value is -4.26. The fraction of sp³-hybridized carbons (Fsp3) is 0.179. The van der Waals surface area contributed by atoms with Gasteiger partial charge in [-0.2, -0.15) is 0 Å². The third kappa shape index (κ3) is 3.51. The van der Waals surface area contributed by atoms with Crippen LogP contribution in [0.25, 0.3) is 21.9 Å². The lowest BCUT2D eigenvalue weighted by molar-refractivity contribution is 0.0766. The SMILES string of the molecule is COc1ccc(CN2Cc3c(cc4cc5c(cc4c3-c3ccc(F)cc3)OCO5)C2=O)cc1OC. The van der Waals surface area contributed by atoms with E-state index in [9.17, 15) is 9.18 Å². The van der Waals surface area contributed by atoms with Gasteiger partial charge >= 0.3 is 0 Å². The van der Waals surface area contributed by atoms with E-state index in [0.29, 0.717) is 41.7 Å². The van der Waals surface area contributed by atoms with Crippen LogP contribution >= 0.6 is 0 Å². The summed E-state index contributed by atoms with van der Waals surface area (Å²) in [4.78, 5) is 15.4. The Bertz CT molecular complexity index is 1480. The maximum absolute atomic E-state index is 13.7. The molecule has 0 N–H and O–H groups in total. The average molecular weight is 471 g/mol. The molecule has 0 fully saturated rings. The predicted molar refractivity (Wildman–Crippen MR) is 129 cm³/mol. The van der Waals surface area contributed by atoms with Gasteiger partial charge in [0, 0.05) is 18.7 Å². The Morgan fingerprint density at radius 3 is 2.40 bits per heavy atom. The molecule has 0 saturated carbocycles. The van der Waals surface area contributed by atoms with Crippen molar-refractivity contribution in [1.82, 2.24) is 4.90 Å². The number of halogens is 1. The van der Waals surface area contributed by atoms with E-state index in [1.807, 2.05) is 36.4 Å². The van der Waals surface area contributed by atoms with Gasteiger partial charge in [-0.05, 0) is 75.5 Å². The second-order valence-electron chi connectivity index (χ2n) is 8.56. The van der Waals surface area contributed by atoms with Gasteiger partial charge in [-0.25, -0.2) is 4.39 Å². The number of hydrogen-bond acceptors (Lipinski definition) is 5. The molecule has 6 nitrogen and oxygen atoms in total. The van der Waals surface area contributed by atoms with Gasteiger partial charge < -0.3 is 23.8 Å². The Kier molecular flexibility index (Phi) is 4.99. The van der Waals surface area contributed by atoms with E-state index in [1.165, 1.54) is 12.1 Å². The number of fused-ring (bicyclic) bond motifs is 3. The third-order valence-electron chi connectivity index (χ3n) is 6.56. The molecule has 4 aromatic carbocycles. The number of benzene rings is 4. The molecule has 7 heteroatoms. The normalized spacial score (nSPS) is 13.9. The molecular weight excluding hydrogens is 449 g/mol. The van der Waals surface area contributed by atoms with Crippen molar-refractivity contribution in [1.29, 1.82) is 0 Å². The lowest BCUT2D eigenvalue weighted by Crippen LogP contribution is -2.23. The highest BCUT2D eigenvalue weighted by molar-refractivity contribution is 6.09. The standard InChI is InChI=1S/C28H22FNO5/c1-32-23-8-3-16(9-24(23)33-2)13-30-14-22-21(28(30)31)10-18-11-25-26(35-15-34-25)12-20(18)27(22)17-4-6-19(29)7-5-17/h3-12H,13-15H2,1-2H3. The van der Waals surface area contributed by atoms with E-state index in [0.717, 1.165) is 33.0 Å². The molecule has 6 rings (SSSR count). The first-order valence-electron chi connectivity index (χ1n) is 11.2. The maximum atomic E-state index is 13.7. The fourth-order valence-corrected chi connectivity index (χ4v) is 4.89. The Morgan fingerprint density at radius 2 is 1.66 bits per heavy atom. The van der Waals surface area contributed by atoms with Gasteiger partial charge in [0.25, 0.3) is 5.91 Å². The minimum absolute atomic E-state index is 0.0577. The minimum atomic E-state index is -0.311. The molecule has 4 aromatic rings. The summed E-state index contributed by atoms with van der Waals surface area (Å²) in [6.07, 6.45) is 0. The Labute approximate surface area is 201 Å². The predicted octanol–water partition coefficient (Wildman–Crippen LogP) is 5.55. The molecule has 0 atom stereocenters. The number of methoxy groups -OCH3 is 2. The first kappa shape index (κ1) is 21.3. The molecular formula is C28H22FNO5. The zero-order valence-electron chi connectivity index (χ0n) is 19.3. The summed E-state index contributed by atoms with van der Waals surface area (Å²) < 4.78 is 35.7. The number of ether oxygens (including phenoxy) is 4. The number of nitrogens with zero attached hydrogens (tertiary/aromatic N) is 1. The summed E-state index contributed by atoms with van der Waals surface area (Å²) in [5.74, 6) is 2.19. The second-order valence-corrected chi connectivity index (χ2v) is 8.56. The smallest absolute Gasteiger partial charge is 0.254 e. The van der Waals surface area contributed by atoms with Crippen LogP contribution in [0.3, 0.4) is 0 Å². The van der Waals surface area contributed by atoms with Gasteiger partial charge in [0.05, 0.1) is 14.2 Å². The molecule has 2 aliphatic heterocycles. The van der Waals surface area contributed by atoms with Crippen molar-refractivity contribution in [2.24, 2.45) is 0 Å². The average Bonchev–Trinajstić information content (AvgIpc) is 3.45. The van der Waals surface area contributed by atoms with E-state index >= 15 is 0 Å². The van der Waals surface area contributed by atoms with Crippen LogP contribution in [0.5, 0.6) is 23.0 Å². The van der Waals surface area contributed by atoms with Crippen LogP contribution in [0, 0.1) is 5.82 Å². The van der Waals surface area contributed by atoms with E-state index in [4.69, 9.17) is 18.9 Å². The molecule has 0 aromatic heterocycles. The topological polar surface area (TPSA) is 57.2 Å². The zero-order valence-corrected chi connectivity index (χ0v) is 19.3. The van der Waals surface area contributed by atoms with Crippen LogP contribution in [0.2, 0.25) is 0 Å². The van der Waals surface area contributed by atoms with Crippen molar-refractivity contribution >= 4 is 16.7 Å². The van der Waals surface area contributed by atoms with Crippen molar-refractivity contribution in [3.05, 3.63) is 83.2 Å². The quantitative estimate of drug-likeness (QED) is 0.382. The molecule has 0 bridgehead atoms. The lowest BCUT2D eigenvalue weighted by Gasteiger charge is -2.17. The monoisotopic (exact) mass is 471 g/mol. The summed E-state index contributed by atoms with van der Waals surface area (Å²) >= 11 is 0. The summed E-state index contributed by atoms with van der Waals surface area (Å²) in [6, 6.07) is 17.8. The minimum Gasteiger partial charge on any atom is -0.493 e. The molecule has 0 saturated heterocycles. The van der Waals surface area contributed by atoms with Gasteiger partial charge in [-0.3, -0.25) is 4.79 Å². The Morgan fingerprint density at radius 1 is 0.914 bits per heavy atom. The number of hydrogen-bond donors (Lipinski definition) is 0.